The predicted octanol–water partition coefficient (Wildman–Crippen LogP) is 3.32. The highest BCUT2D eigenvalue weighted by Gasteiger charge is 2.25. The van der Waals surface area contributed by atoms with E-state index in [0.717, 1.165) is 17.0 Å². The van der Waals surface area contributed by atoms with Crippen molar-refractivity contribution in [2.45, 2.75) is 0 Å². The summed E-state index contributed by atoms with van der Waals surface area (Å²) in [4.78, 5) is 24.2. The number of fused-ring (bicyclic) bond motifs is 1. The maximum atomic E-state index is 13.9. The first-order valence-corrected chi connectivity index (χ1v) is 8.43. The second kappa shape index (κ2) is 6.37. The SMILES string of the molecule is O=C(c1cc(Cl)ccc1F)N1CCN(c2nc3ccccc3[nH]2)CC1. The van der Waals surface area contributed by atoms with Crippen LogP contribution in [0.2, 0.25) is 5.02 Å². The number of rotatable bonds is 2. The van der Waals surface area contributed by atoms with Gasteiger partial charge in [-0.15, -0.1) is 0 Å². The lowest BCUT2D eigenvalue weighted by molar-refractivity contribution is 0.0741. The molecule has 1 amide bonds. The van der Waals surface area contributed by atoms with Crippen LogP contribution in [0.5, 0.6) is 0 Å². The molecule has 1 fully saturated rings. The largest absolute Gasteiger partial charge is 0.339 e. The van der Waals surface area contributed by atoms with E-state index in [-0.39, 0.29) is 11.5 Å². The molecule has 1 aromatic heterocycles. The number of carbonyl (C=O) groups excluding carboxylic acids is 1. The number of nitrogens with one attached hydrogen (secondary N) is 1. The van der Waals surface area contributed by atoms with Crippen LogP contribution in [0.25, 0.3) is 11.0 Å². The lowest BCUT2D eigenvalue weighted by Gasteiger charge is -2.34. The first-order chi connectivity index (χ1) is 12.1. The van der Waals surface area contributed by atoms with Gasteiger partial charge in [0.05, 0.1) is 16.6 Å². The predicted molar refractivity (Wildman–Crippen MR) is 95.6 cm³/mol. The minimum Gasteiger partial charge on any atom is -0.339 e. The summed E-state index contributed by atoms with van der Waals surface area (Å²) < 4.78 is 13.9. The van der Waals surface area contributed by atoms with Gasteiger partial charge in [-0.25, -0.2) is 9.37 Å². The number of amides is 1. The van der Waals surface area contributed by atoms with Crippen molar-refractivity contribution in [3.63, 3.8) is 0 Å². The number of para-hydroxylation sites is 2. The summed E-state index contributed by atoms with van der Waals surface area (Å²) in [5.74, 6) is -0.0828. The molecule has 0 aliphatic carbocycles. The molecule has 1 N–H and O–H groups in total. The summed E-state index contributed by atoms with van der Waals surface area (Å²) in [6.07, 6.45) is 0. The molecular weight excluding hydrogens is 343 g/mol. The lowest BCUT2D eigenvalue weighted by Crippen LogP contribution is -2.49. The summed E-state index contributed by atoms with van der Waals surface area (Å²) in [5.41, 5.74) is 1.92. The molecule has 1 saturated heterocycles. The molecule has 0 saturated carbocycles. The van der Waals surface area contributed by atoms with E-state index in [2.05, 4.69) is 14.9 Å². The van der Waals surface area contributed by atoms with Crippen molar-refractivity contribution in [2.75, 3.05) is 31.1 Å². The van der Waals surface area contributed by atoms with E-state index >= 15 is 0 Å². The minimum atomic E-state index is -0.547. The number of halogens is 2. The molecule has 5 nitrogen and oxygen atoms in total. The number of H-pyrrole nitrogens is 1. The smallest absolute Gasteiger partial charge is 0.257 e. The van der Waals surface area contributed by atoms with Crippen LogP contribution in [0.15, 0.2) is 42.5 Å². The molecular formula is C18H16ClFN4O. The average Bonchev–Trinajstić information content (AvgIpc) is 3.07. The summed E-state index contributed by atoms with van der Waals surface area (Å²) in [6.45, 7) is 2.27. The van der Waals surface area contributed by atoms with Gasteiger partial charge in [-0.1, -0.05) is 23.7 Å². The first-order valence-electron chi connectivity index (χ1n) is 8.06. The van der Waals surface area contributed by atoms with E-state index in [1.54, 1.807) is 4.90 Å². The Kier molecular flexibility index (Phi) is 4.05. The number of nitrogens with zero attached hydrogens (tertiary/aromatic N) is 3. The number of anilines is 1. The fourth-order valence-corrected chi connectivity index (χ4v) is 3.21. The molecule has 25 heavy (non-hydrogen) atoms. The van der Waals surface area contributed by atoms with Gasteiger partial charge in [-0.05, 0) is 30.3 Å². The Labute approximate surface area is 149 Å². The monoisotopic (exact) mass is 358 g/mol. The molecule has 7 heteroatoms. The number of imidazole rings is 1. The molecule has 1 aliphatic heterocycles. The van der Waals surface area contributed by atoms with Crippen LogP contribution in [-0.2, 0) is 0 Å². The van der Waals surface area contributed by atoms with E-state index < -0.39 is 5.82 Å². The molecule has 3 aromatic rings. The molecule has 0 spiro atoms. The molecule has 1 aliphatic rings. The van der Waals surface area contributed by atoms with Gasteiger partial charge in [0.25, 0.3) is 5.91 Å². The van der Waals surface area contributed by atoms with Crippen molar-refractivity contribution in [1.82, 2.24) is 14.9 Å². The van der Waals surface area contributed by atoms with Crippen LogP contribution in [0.4, 0.5) is 10.3 Å². The number of hydrogen-bond donors (Lipinski definition) is 1. The second-order valence-electron chi connectivity index (χ2n) is 5.98. The maximum Gasteiger partial charge on any atom is 0.257 e. The zero-order valence-corrected chi connectivity index (χ0v) is 14.1. The Hall–Kier alpha value is -2.60. The van der Waals surface area contributed by atoms with Crippen molar-refractivity contribution in [1.29, 1.82) is 0 Å². The van der Waals surface area contributed by atoms with E-state index in [1.807, 2.05) is 24.3 Å². The van der Waals surface area contributed by atoms with Crippen molar-refractivity contribution < 1.29 is 9.18 Å². The molecule has 0 bridgehead atoms. The van der Waals surface area contributed by atoms with Crippen molar-refractivity contribution in [2.24, 2.45) is 0 Å². The Bertz CT molecular complexity index is 901. The van der Waals surface area contributed by atoms with Crippen LogP contribution in [-0.4, -0.2) is 47.0 Å². The molecule has 0 radical (unpaired) electrons. The Morgan fingerprint density at radius 2 is 1.88 bits per heavy atom. The van der Waals surface area contributed by atoms with Crippen molar-refractivity contribution in [3.05, 3.63) is 58.9 Å². The Morgan fingerprint density at radius 1 is 1.12 bits per heavy atom. The number of hydrogen-bond acceptors (Lipinski definition) is 3. The summed E-state index contributed by atoms with van der Waals surface area (Å²) >= 11 is 5.88. The number of aromatic amines is 1. The van der Waals surface area contributed by atoms with Gasteiger partial charge in [-0.2, -0.15) is 0 Å². The van der Waals surface area contributed by atoms with Crippen LogP contribution >= 0.6 is 11.6 Å². The highest BCUT2D eigenvalue weighted by atomic mass is 35.5. The normalized spacial score (nSPS) is 15.0. The highest BCUT2D eigenvalue weighted by Crippen LogP contribution is 2.21. The van der Waals surface area contributed by atoms with Gasteiger partial charge in [0.1, 0.15) is 5.82 Å². The lowest BCUT2D eigenvalue weighted by atomic mass is 10.1. The Morgan fingerprint density at radius 3 is 2.64 bits per heavy atom. The van der Waals surface area contributed by atoms with Crippen molar-refractivity contribution in [3.8, 4) is 0 Å². The van der Waals surface area contributed by atoms with E-state index in [9.17, 15) is 9.18 Å². The van der Waals surface area contributed by atoms with Gasteiger partial charge in [-0.3, -0.25) is 4.79 Å². The number of piperazine rings is 1. The average molecular weight is 359 g/mol. The maximum absolute atomic E-state index is 13.9. The zero-order valence-electron chi connectivity index (χ0n) is 13.4. The number of carbonyl (C=O) groups is 1. The molecule has 128 valence electrons. The van der Waals surface area contributed by atoms with E-state index in [4.69, 9.17) is 11.6 Å². The number of benzene rings is 2. The fraction of sp³-hybridized carbons (Fsp3) is 0.222. The third-order valence-corrected chi connectivity index (χ3v) is 4.64. The third kappa shape index (κ3) is 3.05. The van der Waals surface area contributed by atoms with Gasteiger partial charge in [0.15, 0.2) is 0 Å². The highest BCUT2D eigenvalue weighted by molar-refractivity contribution is 6.31. The fourth-order valence-electron chi connectivity index (χ4n) is 3.04. The molecule has 2 heterocycles. The standard InChI is InChI=1S/C18H16ClFN4O/c19-12-5-6-14(20)13(11-12)17(25)23-7-9-24(10-8-23)18-21-15-3-1-2-4-16(15)22-18/h1-6,11H,7-10H2,(H,21,22). The van der Waals surface area contributed by atoms with Crippen molar-refractivity contribution >= 4 is 34.5 Å². The first kappa shape index (κ1) is 15.9. The van der Waals surface area contributed by atoms with Gasteiger partial charge in [0, 0.05) is 31.2 Å². The van der Waals surface area contributed by atoms with Crippen LogP contribution in [0.3, 0.4) is 0 Å². The number of aromatic nitrogens is 2. The van der Waals surface area contributed by atoms with Gasteiger partial charge >= 0.3 is 0 Å². The van der Waals surface area contributed by atoms with Crippen LogP contribution in [0.1, 0.15) is 10.4 Å². The summed E-state index contributed by atoms with van der Waals surface area (Å²) in [7, 11) is 0. The van der Waals surface area contributed by atoms with Gasteiger partial charge < -0.3 is 14.8 Å². The van der Waals surface area contributed by atoms with Crippen LogP contribution < -0.4 is 4.90 Å². The molecule has 4 rings (SSSR count). The minimum absolute atomic E-state index is 0.0182. The topological polar surface area (TPSA) is 52.2 Å². The Balaban J connectivity index is 1.47. The second-order valence-corrected chi connectivity index (χ2v) is 6.42. The van der Waals surface area contributed by atoms with E-state index in [0.29, 0.717) is 31.2 Å². The van der Waals surface area contributed by atoms with Crippen LogP contribution in [0, 0.1) is 5.82 Å². The molecule has 0 atom stereocenters. The molecule has 2 aromatic carbocycles. The third-order valence-electron chi connectivity index (χ3n) is 4.40. The summed E-state index contributed by atoms with van der Waals surface area (Å²) in [6, 6.07) is 11.9. The summed E-state index contributed by atoms with van der Waals surface area (Å²) in [5, 5.41) is 0.352. The van der Waals surface area contributed by atoms with E-state index in [1.165, 1.54) is 18.2 Å². The molecule has 0 unspecified atom stereocenters. The van der Waals surface area contributed by atoms with Gasteiger partial charge in [0.2, 0.25) is 5.95 Å². The quantitative estimate of drug-likeness (QED) is 0.764. The zero-order chi connectivity index (χ0) is 17.4.